The molecule has 1 saturated carbocycles. The molecule has 19 heavy (non-hydrogen) atoms. The molecule has 0 radical (unpaired) electrons. The average molecular weight is 258 g/mol. The summed E-state index contributed by atoms with van der Waals surface area (Å²) < 4.78 is 5.93. The van der Waals surface area contributed by atoms with Crippen LogP contribution in [0.1, 0.15) is 50.0 Å². The number of hydrogen-bond donors (Lipinski definition) is 1. The van der Waals surface area contributed by atoms with Gasteiger partial charge in [0.05, 0.1) is 0 Å². The van der Waals surface area contributed by atoms with Crippen LogP contribution in [0.25, 0.3) is 11.1 Å². The summed E-state index contributed by atoms with van der Waals surface area (Å²) in [6, 6.07) is 6.33. The van der Waals surface area contributed by atoms with Crippen molar-refractivity contribution in [3.05, 3.63) is 29.7 Å². The maximum absolute atomic E-state index is 5.93. The second-order valence-corrected chi connectivity index (χ2v) is 5.66. The number of oxazole rings is 1. The molecule has 0 spiro atoms. The molecule has 1 aliphatic rings. The molecule has 1 aliphatic carbocycles. The predicted octanol–water partition coefficient (Wildman–Crippen LogP) is 3.62. The number of benzene rings is 1. The summed E-state index contributed by atoms with van der Waals surface area (Å²) in [5, 5.41) is 0. The van der Waals surface area contributed by atoms with Crippen molar-refractivity contribution in [2.75, 3.05) is 6.54 Å². The minimum Gasteiger partial charge on any atom is -0.440 e. The van der Waals surface area contributed by atoms with Gasteiger partial charge in [0.25, 0.3) is 0 Å². The largest absolute Gasteiger partial charge is 0.440 e. The quantitative estimate of drug-likeness (QED) is 0.914. The number of hydrogen-bond acceptors (Lipinski definition) is 3. The number of aromatic nitrogens is 1. The summed E-state index contributed by atoms with van der Waals surface area (Å²) in [4.78, 5) is 4.70. The van der Waals surface area contributed by atoms with E-state index in [0.717, 1.165) is 42.8 Å². The van der Waals surface area contributed by atoms with Gasteiger partial charge in [-0.3, -0.25) is 0 Å². The zero-order valence-corrected chi connectivity index (χ0v) is 11.6. The smallest absolute Gasteiger partial charge is 0.198 e. The lowest BCUT2D eigenvalue weighted by atomic mass is 9.82. The maximum Gasteiger partial charge on any atom is 0.198 e. The van der Waals surface area contributed by atoms with E-state index in [0.29, 0.717) is 11.8 Å². The van der Waals surface area contributed by atoms with E-state index in [2.05, 4.69) is 25.1 Å². The van der Waals surface area contributed by atoms with Crippen LogP contribution in [0.5, 0.6) is 0 Å². The first-order chi connectivity index (χ1) is 9.30. The average Bonchev–Trinajstić information content (AvgIpc) is 2.90. The zero-order chi connectivity index (χ0) is 13.2. The van der Waals surface area contributed by atoms with Crippen molar-refractivity contribution in [3.63, 3.8) is 0 Å². The van der Waals surface area contributed by atoms with Crippen molar-refractivity contribution < 1.29 is 4.42 Å². The van der Waals surface area contributed by atoms with E-state index < -0.39 is 0 Å². The van der Waals surface area contributed by atoms with E-state index in [1.807, 2.05) is 0 Å². The Balaban J connectivity index is 1.81. The zero-order valence-electron chi connectivity index (χ0n) is 11.6. The molecule has 3 nitrogen and oxygen atoms in total. The van der Waals surface area contributed by atoms with Gasteiger partial charge < -0.3 is 10.2 Å². The molecule has 0 unspecified atom stereocenters. The first-order valence-electron chi connectivity index (χ1n) is 7.39. The van der Waals surface area contributed by atoms with Crippen LogP contribution in [0, 0.1) is 5.92 Å². The van der Waals surface area contributed by atoms with Gasteiger partial charge in [0.2, 0.25) is 0 Å². The number of aryl methyl sites for hydroxylation is 1. The van der Waals surface area contributed by atoms with Gasteiger partial charge in [0, 0.05) is 5.92 Å². The minimum absolute atomic E-state index is 0.486. The van der Waals surface area contributed by atoms with E-state index in [4.69, 9.17) is 15.1 Å². The third-order valence-corrected chi connectivity index (χ3v) is 4.41. The molecule has 2 N–H and O–H groups in total. The van der Waals surface area contributed by atoms with Crippen LogP contribution in [0.15, 0.2) is 22.6 Å². The number of nitrogens with two attached hydrogens (primary N) is 1. The van der Waals surface area contributed by atoms with E-state index in [9.17, 15) is 0 Å². The first-order valence-corrected chi connectivity index (χ1v) is 7.39. The van der Waals surface area contributed by atoms with Crippen LogP contribution in [0.3, 0.4) is 0 Å². The molecule has 0 aliphatic heterocycles. The summed E-state index contributed by atoms with van der Waals surface area (Å²) in [5.41, 5.74) is 8.99. The van der Waals surface area contributed by atoms with Crippen molar-refractivity contribution >= 4 is 11.1 Å². The van der Waals surface area contributed by atoms with Crippen LogP contribution < -0.4 is 5.73 Å². The molecule has 3 rings (SSSR count). The molecule has 0 amide bonds. The molecule has 0 atom stereocenters. The van der Waals surface area contributed by atoms with Gasteiger partial charge in [0.1, 0.15) is 5.52 Å². The molecule has 1 heterocycles. The van der Waals surface area contributed by atoms with E-state index >= 15 is 0 Å². The van der Waals surface area contributed by atoms with Gasteiger partial charge >= 0.3 is 0 Å². The van der Waals surface area contributed by atoms with Crippen LogP contribution in [0.2, 0.25) is 0 Å². The van der Waals surface area contributed by atoms with Crippen molar-refractivity contribution in [3.8, 4) is 0 Å². The highest BCUT2D eigenvalue weighted by atomic mass is 16.3. The van der Waals surface area contributed by atoms with Gasteiger partial charge in [0.15, 0.2) is 11.5 Å². The Kier molecular flexibility index (Phi) is 3.56. The molecule has 2 aromatic rings. The number of fused-ring (bicyclic) bond motifs is 1. The van der Waals surface area contributed by atoms with E-state index in [-0.39, 0.29) is 0 Å². The molecule has 0 bridgehead atoms. The molecule has 1 fully saturated rings. The van der Waals surface area contributed by atoms with E-state index in [1.54, 1.807) is 0 Å². The van der Waals surface area contributed by atoms with Crippen LogP contribution in [-0.4, -0.2) is 11.5 Å². The normalized spacial score (nSPS) is 23.9. The summed E-state index contributed by atoms with van der Waals surface area (Å²) in [6.07, 6.45) is 5.78. The molecule has 3 heteroatoms. The van der Waals surface area contributed by atoms with Crippen molar-refractivity contribution in [1.29, 1.82) is 0 Å². The lowest BCUT2D eigenvalue weighted by Crippen LogP contribution is -2.20. The summed E-state index contributed by atoms with van der Waals surface area (Å²) in [5.74, 6) is 2.12. The topological polar surface area (TPSA) is 52.0 Å². The maximum atomic E-state index is 5.93. The Bertz CT molecular complexity index is 553. The van der Waals surface area contributed by atoms with Crippen molar-refractivity contribution in [2.24, 2.45) is 11.7 Å². The third kappa shape index (κ3) is 2.52. The molecular formula is C16H22N2O. The van der Waals surface area contributed by atoms with Crippen LogP contribution >= 0.6 is 0 Å². The highest BCUT2D eigenvalue weighted by molar-refractivity contribution is 5.73. The highest BCUT2D eigenvalue weighted by Crippen LogP contribution is 2.36. The monoisotopic (exact) mass is 258 g/mol. The van der Waals surface area contributed by atoms with Gasteiger partial charge in [-0.05, 0) is 62.3 Å². The molecule has 102 valence electrons. The second-order valence-electron chi connectivity index (χ2n) is 5.66. The molecular weight excluding hydrogens is 236 g/mol. The third-order valence-electron chi connectivity index (χ3n) is 4.41. The molecule has 1 aromatic heterocycles. The summed E-state index contributed by atoms with van der Waals surface area (Å²) in [6.45, 7) is 2.98. The lowest BCUT2D eigenvalue weighted by Gasteiger charge is -2.25. The van der Waals surface area contributed by atoms with Crippen molar-refractivity contribution in [2.45, 2.75) is 44.9 Å². The standard InChI is InChI=1S/C16H22N2O/c1-2-11-5-8-15-14(9-11)18-16(19-15)13-6-3-12(10-17)4-7-13/h5,8-9,12-13H,2-4,6-7,10,17H2,1H3. The molecule has 0 saturated heterocycles. The number of nitrogens with zero attached hydrogens (tertiary/aromatic N) is 1. The minimum atomic E-state index is 0.486. The van der Waals surface area contributed by atoms with Gasteiger partial charge in [-0.1, -0.05) is 13.0 Å². The first kappa shape index (κ1) is 12.7. The van der Waals surface area contributed by atoms with Crippen molar-refractivity contribution in [1.82, 2.24) is 4.98 Å². The summed E-state index contributed by atoms with van der Waals surface area (Å²) in [7, 11) is 0. The van der Waals surface area contributed by atoms with Gasteiger partial charge in [-0.15, -0.1) is 0 Å². The fourth-order valence-corrected chi connectivity index (χ4v) is 3.03. The fraction of sp³-hybridized carbons (Fsp3) is 0.562. The van der Waals surface area contributed by atoms with Crippen LogP contribution in [-0.2, 0) is 6.42 Å². The Hall–Kier alpha value is -1.35. The summed E-state index contributed by atoms with van der Waals surface area (Å²) >= 11 is 0. The lowest BCUT2D eigenvalue weighted by molar-refractivity contribution is 0.301. The fourth-order valence-electron chi connectivity index (χ4n) is 3.03. The second kappa shape index (κ2) is 5.33. The number of rotatable bonds is 3. The predicted molar refractivity (Wildman–Crippen MR) is 77.1 cm³/mol. The van der Waals surface area contributed by atoms with Gasteiger partial charge in [-0.25, -0.2) is 4.98 Å². The SMILES string of the molecule is CCc1ccc2oc(C3CCC(CN)CC3)nc2c1. The Morgan fingerprint density at radius 2 is 2.05 bits per heavy atom. The Labute approximate surface area is 114 Å². The Morgan fingerprint density at radius 1 is 1.26 bits per heavy atom. The van der Waals surface area contributed by atoms with Crippen LogP contribution in [0.4, 0.5) is 0 Å². The van der Waals surface area contributed by atoms with Gasteiger partial charge in [-0.2, -0.15) is 0 Å². The Morgan fingerprint density at radius 3 is 2.74 bits per heavy atom. The van der Waals surface area contributed by atoms with E-state index in [1.165, 1.54) is 18.4 Å². The highest BCUT2D eigenvalue weighted by Gasteiger charge is 2.25. The molecule has 1 aromatic carbocycles.